The molecule has 6 nitrogen and oxygen atoms in total. The highest BCUT2D eigenvalue weighted by Gasteiger charge is 2.51. The Kier molecular flexibility index (Phi) is 6.64. The van der Waals surface area contributed by atoms with Crippen molar-refractivity contribution in [3.63, 3.8) is 0 Å². The number of likely N-dealkylation sites (tertiary alicyclic amines) is 1. The summed E-state index contributed by atoms with van der Waals surface area (Å²) < 4.78 is 39.4. The van der Waals surface area contributed by atoms with E-state index in [1.54, 1.807) is 39.0 Å². The van der Waals surface area contributed by atoms with Crippen molar-refractivity contribution in [1.82, 2.24) is 10.0 Å². The van der Waals surface area contributed by atoms with E-state index in [0.29, 0.717) is 10.6 Å². The van der Waals surface area contributed by atoms with Crippen LogP contribution in [0.2, 0.25) is 5.02 Å². The van der Waals surface area contributed by atoms with Gasteiger partial charge in [0.2, 0.25) is 0 Å². The molecule has 0 bridgehead atoms. The van der Waals surface area contributed by atoms with Crippen molar-refractivity contribution in [1.29, 1.82) is 0 Å². The van der Waals surface area contributed by atoms with Crippen molar-refractivity contribution in [2.45, 2.75) is 51.2 Å². The first-order valence-corrected chi connectivity index (χ1v) is 8.79. The molecule has 150 valence electrons. The molecule has 1 heterocycles. The average Bonchev–Trinajstić information content (AvgIpc) is 2.89. The van der Waals surface area contributed by atoms with Gasteiger partial charge in [0.1, 0.15) is 11.7 Å². The van der Waals surface area contributed by atoms with Gasteiger partial charge < -0.3 is 9.47 Å². The first-order chi connectivity index (χ1) is 12.5. The number of nitrogens with zero attached hydrogens (tertiary/aromatic N) is 2. The number of hydrogen-bond donors (Lipinski definition) is 0. The van der Waals surface area contributed by atoms with Gasteiger partial charge in [-0.3, -0.25) is 9.69 Å². The zero-order chi connectivity index (χ0) is 20.4. The molecule has 1 aromatic carbocycles. The third-order valence-electron chi connectivity index (χ3n) is 4.00. The van der Waals surface area contributed by atoms with E-state index in [0.717, 1.165) is 4.90 Å². The van der Waals surface area contributed by atoms with Gasteiger partial charge in [0.25, 0.3) is 5.91 Å². The molecule has 0 aromatic heterocycles. The number of hydrogen-bond acceptors (Lipinski definition) is 4. The van der Waals surface area contributed by atoms with Crippen molar-refractivity contribution in [3.8, 4) is 0 Å². The minimum atomic E-state index is -1.88. The van der Waals surface area contributed by atoms with E-state index in [1.807, 2.05) is 0 Å². The van der Waals surface area contributed by atoms with Gasteiger partial charge >= 0.3 is 6.09 Å². The Hall–Kier alpha value is -1.93. The second-order valence-corrected chi connectivity index (χ2v) is 7.72. The third kappa shape index (κ3) is 5.29. The van der Waals surface area contributed by atoms with E-state index >= 15 is 0 Å². The number of alkyl halides is 1. The third-order valence-corrected chi connectivity index (χ3v) is 4.24. The lowest BCUT2D eigenvalue weighted by Gasteiger charge is -2.29. The number of methoxy groups -OCH3 is 1. The Labute approximate surface area is 161 Å². The van der Waals surface area contributed by atoms with Crippen LogP contribution in [0.5, 0.6) is 0 Å². The summed E-state index contributed by atoms with van der Waals surface area (Å²) in [6.07, 6.45) is -3.84. The van der Waals surface area contributed by atoms with Crippen LogP contribution < -0.4 is 0 Å². The Balaban J connectivity index is 2.19. The van der Waals surface area contributed by atoms with Crippen molar-refractivity contribution in [2.75, 3.05) is 13.7 Å². The number of ether oxygens (including phenoxy) is 2. The van der Waals surface area contributed by atoms with Crippen LogP contribution >= 0.6 is 11.6 Å². The van der Waals surface area contributed by atoms with Gasteiger partial charge in [-0.05, 0) is 38.5 Å². The number of carbonyl (C=O) groups excluding carboxylic acids is 2. The van der Waals surface area contributed by atoms with Crippen molar-refractivity contribution < 1.29 is 27.9 Å². The van der Waals surface area contributed by atoms with E-state index in [2.05, 4.69) is 0 Å². The molecule has 0 saturated carbocycles. The maximum Gasteiger partial charge on any atom is 0.411 e. The number of carbonyl (C=O) groups is 2. The zero-order valence-corrected chi connectivity index (χ0v) is 16.4. The number of rotatable bonds is 4. The predicted molar refractivity (Wildman–Crippen MR) is 95.5 cm³/mol. The molecule has 2 rings (SSSR count). The van der Waals surface area contributed by atoms with Crippen LogP contribution in [0, 0.1) is 0 Å². The summed E-state index contributed by atoms with van der Waals surface area (Å²) >= 11 is 5.85. The minimum Gasteiger partial charge on any atom is -0.444 e. The van der Waals surface area contributed by atoms with Gasteiger partial charge in [0.05, 0.1) is 13.1 Å². The highest BCUT2D eigenvalue weighted by atomic mass is 35.5. The average molecular weight is 405 g/mol. The van der Waals surface area contributed by atoms with E-state index in [-0.39, 0.29) is 11.7 Å². The summed E-state index contributed by atoms with van der Waals surface area (Å²) in [4.78, 5) is 25.8. The van der Waals surface area contributed by atoms with Crippen molar-refractivity contribution >= 4 is 23.6 Å². The lowest BCUT2D eigenvalue weighted by molar-refractivity contribution is -0.154. The van der Waals surface area contributed by atoms with Crippen molar-refractivity contribution in [2.24, 2.45) is 0 Å². The summed E-state index contributed by atoms with van der Waals surface area (Å²) in [7, 11) is 1.26. The fourth-order valence-electron chi connectivity index (χ4n) is 2.78. The Morgan fingerprint density at radius 2 is 2.04 bits per heavy atom. The summed E-state index contributed by atoms with van der Waals surface area (Å²) in [5.41, 5.74) is -0.420. The molecule has 2 amide bonds. The monoisotopic (exact) mass is 404 g/mol. The maximum atomic E-state index is 14.7. The number of halogens is 3. The van der Waals surface area contributed by atoms with Crippen LogP contribution in [-0.2, 0) is 20.8 Å². The molecule has 1 saturated heterocycles. The molecule has 9 heteroatoms. The highest BCUT2D eigenvalue weighted by molar-refractivity contribution is 6.30. The van der Waals surface area contributed by atoms with Crippen LogP contribution in [0.15, 0.2) is 24.3 Å². The number of amides is 2. The Morgan fingerprint density at radius 1 is 1.37 bits per heavy atom. The van der Waals surface area contributed by atoms with Crippen LogP contribution in [0.1, 0.15) is 26.3 Å². The zero-order valence-electron chi connectivity index (χ0n) is 15.6. The highest BCUT2D eigenvalue weighted by Crippen LogP contribution is 2.28. The molecule has 1 aliphatic rings. The molecular formula is C18H23ClF2N2O4. The molecule has 1 fully saturated rings. The van der Waals surface area contributed by atoms with Crippen LogP contribution in [0.3, 0.4) is 0 Å². The number of benzene rings is 1. The summed E-state index contributed by atoms with van der Waals surface area (Å²) in [5, 5.41) is 0.255. The van der Waals surface area contributed by atoms with Gasteiger partial charge in [-0.25, -0.2) is 9.18 Å². The van der Waals surface area contributed by atoms with Gasteiger partial charge in [0, 0.05) is 12.1 Å². The normalized spacial score (nSPS) is 22.6. The maximum absolute atomic E-state index is 14.7. The molecule has 0 aliphatic carbocycles. The molecule has 0 radical (unpaired) electrons. The molecular weight excluding hydrogens is 382 g/mol. The van der Waals surface area contributed by atoms with Crippen molar-refractivity contribution in [3.05, 3.63) is 34.9 Å². The first kappa shape index (κ1) is 21.4. The molecule has 1 aliphatic heterocycles. The molecule has 0 unspecified atom stereocenters. The van der Waals surface area contributed by atoms with Gasteiger partial charge in [-0.2, -0.15) is 5.12 Å². The largest absolute Gasteiger partial charge is 0.444 e. The lowest BCUT2D eigenvalue weighted by atomic mass is 10.1. The summed E-state index contributed by atoms with van der Waals surface area (Å²) in [5.74, 6) is -1.19. The molecule has 3 atom stereocenters. The van der Waals surface area contributed by atoms with Crippen LogP contribution in [-0.4, -0.2) is 59.6 Å². The molecule has 0 N–H and O–H groups in total. The fourth-order valence-corrected chi connectivity index (χ4v) is 3.00. The second-order valence-electron chi connectivity index (χ2n) is 7.28. The summed E-state index contributed by atoms with van der Waals surface area (Å²) in [6, 6.07) is 4.62. The van der Waals surface area contributed by atoms with Gasteiger partial charge in [-0.1, -0.05) is 28.2 Å². The first-order valence-electron chi connectivity index (χ1n) is 8.41. The predicted octanol–water partition coefficient (Wildman–Crippen LogP) is 3.53. The molecule has 0 spiro atoms. The van der Waals surface area contributed by atoms with E-state index in [9.17, 15) is 18.5 Å². The van der Waals surface area contributed by atoms with E-state index in [4.69, 9.17) is 21.1 Å². The summed E-state index contributed by atoms with van der Waals surface area (Å²) in [6.45, 7) is 4.27. The minimum absolute atomic E-state index is 0.127. The van der Waals surface area contributed by atoms with Crippen LogP contribution in [0.25, 0.3) is 0 Å². The lowest BCUT2D eigenvalue weighted by Crippen LogP contribution is -2.50. The van der Waals surface area contributed by atoms with E-state index in [1.165, 1.54) is 13.2 Å². The smallest absolute Gasteiger partial charge is 0.411 e. The van der Waals surface area contributed by atoms with Gasteiger partial charge in [0.15, 0.2) is 12.2 Å². The Bertz CT molecular complexity index is 698. The topological polar surface area (TPSA) is 59.1 Å². The van der Waals surface area contributed by atoms with Crippen LogP contribution in [0.4, 0.5) is 13.7 Å². The van der Waals surface area contributed by atoms with Gasteiger partial charge in [-0.15, -0.1) is 0 Å². The molecule has 1 aromatic rings. The molecule has 27 heavy (non-hydrogen) atoms. The standard InChI is InChI=1S/C18H23ClF2N2O4/c1-18(2,3)27-17(25)22-10-13(26-4)14(20)15(22)16(24)23(21)9-11-6-5-7-12(19)8-11/h5-8,13-15H,9-10H2,1-4H3/t13-,14+,15+/m1/s1. The quantitative estimate of drug-likeness (QED) is 0.720. The Morgan fingerprint density at radius 3 is 2.59 bits per heavy atom. The second kappa shape index (κ2) is 8.39. The van der Waals surface area contributed by atoms with E-state index < -0.39 is 42.5 Å². The fraction of sp³-hybridized carbons (Fsp3) is 0.556. The SMILES string of the molecule is CO[C@@H]1CN(C(=O)OC(C)(C)C)[C@H](C(=O)N(F)Cc2cccc(Cl)c2)[C@H]1F.